The highest BCUT2D eigenvalue weighted by Gasteiger charge is 2.28. The molecule has 0 amide bonds. The average Bonchev–Trinajstić information content (AvgIpc) is 2.86. The molecule has 0 atom stereocenters. The van der Waals surface area contributed by atoms with Gasteiger partial charge in [-0.3, -0.25) is 9.36 Å². The number of nitriles is 1. The van der Waals surface area contributed by atoms with Crippen LogP contribution in [0.1, 0.15) is 35.4 Å². The van der Waals surface area contributed by atoms with E-state index in [1.807, 2.05) is 0 Å². The van der Waals surface area contributed by atoms with Crippen LogP contribution in [-0.4, -0.2) is 25.6 Å². The molecule has 0 spiro atoms. The first-order valence-corrected chi connectivity index (χ1v) is 9.06. The van der Waals surface area contributed by atoms with Crippen LogP contribution in [0.4, 0.5) is 4.39 Å². The topological polar surface area (TPSA) is 99.1 Å². The Kier molecular flexibility index (Phi) is 4.63. The van der Waals surface area contributed by atoms with Crippen LogP contribution < -0.4 is 5.56 Å². The lowest BCUT2D eigenvalue weighted by atomic mass is 10.1. The summed E-state index contributed by atoms with van der Waals surface area (Å²) in [6, 6.07) is 10.9. The minimum Gasteiger partial charge on any atom is -0.366 e. The van der Waals surface area contributed by atoms with Crippen molar-refractivity contribution in [2.45, 2.75) is 31.6 Å². The van der Waals surface area contributed by atoms with E-state index in [9.17, 15) is 19.4 Å². The van der Waals surface area contributed by atoms with E-state index in [1.165, 1.54) is 22.8 Å². The fourth-order valence-electron chi connectivity index (χ4n) is 3.33. The molecule has 4 rings (SSSR count). The van der Waals surface area contributed by atoms with Gasteiger partial charge < -0.3 is 10.2 Å². The van der Waals surface area contributed by atoms with Gasteiger partial charge in [0.2, 0.25) is 0 Å². The van der Waals surface area contributed by atoms with E-state index in [4.69, 9.17) is 5.26 Å². The van der Waals surface area contributed by atoms with E-state index in [-0.39, 0.29) is 36.9 Å². The van der Waals surface area contributed by atoms with E-state index in [1.54, 1.807) is 24.3 Å². The first kappa shape index (κ1) is 18.8. The summed E-state index contributed by atoms with van der Waals surface area (Å²) in [5, 5.41) is 29.1. The van der Waals surface area contributed by atoms with Gasteiger partial charge in [-0.2, -0.15) is 5.26 Å². The molecule has 1 aromatic heterocycles. The number of aliphatic hydroxyl groups is 2. The summed E-state index contributed by atoms with van der Waals surface area (Å²) in [7, 11) is 0. The molecule has 0 bridgehead atoms. The van der Waals surface area contributed by atoms with E-state index in [0.717, 1.165) is 0 Å². The van der Waals surface area contributed by atoms with E-state index >= 15 is 0 Å². The Morgan fingerprint density at radius 3 is 2.59 bits per heavy atom. The number of fused-ring (bicyclic) bond motifs is 2. The normalized spacial score (nSPS) is 15.0. The van der Waals surface area contributed by atoms with Gasteiger partial charge in [0.05, 0.1) is 16.5 Å². The maximum atomic E-state index is 13.4. The van der Waals surface area contributed by atoms with Gasteiger partial charge in [-0.05, 0) is 36.4 Å². The van der Waals surface area contributed by atoms with Crippen LogP contribution in [0.5, 0.6) is 0 Å². The first-order chi connectivity index (χ1) is 13.9. The molecule has 2 heterocycles. The Hall–Kier alpha value is -3.52. The summed E-state index contributed by atoms with van der Waals surface area (Å²) in [6.07, 6.45) is 0.454. The lowest BCUT2D eigenvalue weighted by molar-refractivity contribution is -0.169. The van der Waals surface area contributed by atoms with Crippen LogP contribution in [0.3, 0.4) is 0 Å². The number of rotatable bonds is 0. The average molecular weight is 389 g/mol. The highest BCUT2D eigenvalue weighted by molar-refractivity contribution is 5.79. The van der Waals surface area contributed by atoms with Crippen LogP contribution in [0.2, 0.25) is 0 Å². The van der Waals surface area contributed by atoms with Crippen molar-refractivity contribution in [1.29, 1.82) is 5.26 Å². The highest BCUT2D eigenvalue weighted by atomic mass is 19.1. The number of benzene rings is 2. The molecule has 0 saturated carbocycles. The zero-order valence-corrected chi connectivity index (χ0v) is 15.3. The van der Waals surface area contributed by atoms with Crippen LogP contribution >= 0.6 is 0 Å². The van der Waals surface area contributed by atoms with Crippen LogP contribution in [-0.2, 0) is 13.0 Å². The highest BCUT2D eigenvalue weighted by Crippen LogP contribution is 2.21. The smallest absolute Gasteiger partial charge is 0.261 e. The standard InChI is InChI=1S/C22H16FN3O3/c23-18-6-4-14(11-16(18)13-24)1-2-15-3-5-17-19(12-15)25-20-7-8-22(28,29)9-10-26(20)21(17)27/h3-6,11-12,28-29H,7-10H2. The Balaban J connectivity index is 1.73. The van der Waals surface area contributed by atoms with Crippen molar-refractivity contribution in [3.05, 3.63) is 75.1 Å². The predicted octanol–water partition coefficient (Wildman–Crippen LogP) is 1.82. The summed E-state index contributed by atoms with van der Waals surface area (Å²) in [5.41, 5.74) is 1.30. The molecule has 144 valence electrons. The Bertz CT molecular complexity index is 1290. The third kappa shape index (κ3) is 3.74. The summed E-state index contributed by atoms with van der Waals surface area (Å²) in [4.78, 5) is 17.3. The van der Waals surface area contributed by atoms with Gasteiger partial charge in [0.15, 0.2) is 5.79 Å². The van der Waals surface area contributed by atoms with Gasteiger partial charge in [0.25, 0.3) is 5.56 Å². The largest absolute Gasteiger partial charge is 0.366 e. The lowest BCUT2D eigenvalue weighted by Gasteiger charge is -2.17. The summed E-state index contributed by atoms with van der Waals surface area (Å²) in [6.45, 7) is 0.192. The number of aryl methyl sites for hydroxylation is 1. The van der Waals surface area contributed by atoms with Crippen molar-refractivity contribution >= 4 is 10.9 Å². The minimum atomic E-state index is -1.81. The minimum absolute atomic E-state index is 0.0685. The third-order valence-electron chi connectivity index (χ3n) is 4.96. The Labute approximate surface area is 165 Å². The number of aromatic nitrogens is 2. The van der Waals surface area contributed by atoms with Gasteiger partial charge in [-0.25, -0.2) is 9.37 Å². The third-order valence-corrected chi connectivity index (χ3v) is 4.96. The molecule has 29 heavy (non-hydrogen) atoms. The van der Waals surface area contributed by atoms with E-state index in [0.29, 0.717) is 27.9 Å². The molecule has 3 aromatic rings. The Morgan fingerprint density at radius 1 is 1.10 bits per heavy atom. The summed E-state index contributed by atoms with van der Waals surface area (Å²) < 4.78 is 14.9. The van der Waals surface area contributed by atoms with Gasteiger partial charge in [0.1, 0.15) is 17.7 Å². The fourth-order valence-corrected chi connectivity index (χ4v) is 3.33. The lowest BCUT2D eigenvalue weighted by Crippen LogP contribution is -2.29. The maximum Gasteiger partial charge on any atom is 0.261 e. The molecule has 0 radical (unpaired) electrons. The van der Waals surface area contributed by atoms with Crippen LogP contribution in [0.25, 0.3) is 10.9 Å². The number of nitrogens with zero attached hydrogens (tertiary/aromatic N) is 3. The van der Waals surface area contributed by atoms with E-state index < -0.39 is 11.6 Å². The molecule has 0 fully saturated rings. The van der Waals surface area contributed by atoms with Gasteiger partial charge in [-0.15, -0.1) is 0 Å². The molecule has 7 heteroatoms. The number of halogens is 1. The molecular weight excluding hydrogens is 373 g/mol. The molecule has 1 aliphatic heterocycles. The molecule has 0 unspecified atom stereocenters. The number of hydrogen-bond donors (Lipinski definition) is 2. The maximum absolute atomic E-state index is 13.4. The zero-order valence-electron chi connectivity index (χ0n) is 15.3. The molecule has 6 nitrogen and oxygen atoms in total. The van der Waals surface area contributed by atoms with E-state index in [2.05, 4.69) is 16.8 Å². The van der Waals surface area contributed by atoms with Crippen LogP contribution in [0, 0.1) is 29.0 Å². The van der Waals surface area contributed by atoms with Crippen molar-refractivity contribution in [3.8, 4) is 17.9 Å². The summed E-state index contributed by atoms with van der Waals surface area (Å²) in [5.74, 6) is 3.93. The molecular formula is C22H16FN3O3. The number of hydrogen-bond acceptors (Lipinski definition) is 5. The monoisotopic (exact) mass is 389 g/mol. The van der Waals surface area contributed by atoms with Crippen molar-refractivity contribution in [2.24, 2.45) is 0 Å². The first-order valence-electron chi connectivity index (χ1n) is 9.06. The fraction of sp³-hybridized carbons (Fsp3) is 0.227. The Morgan fingerprint density at radius 2 is 1.83 bits per heavy atom. The molecule has 1 aliphatic rings. The van der Waals surface area contributed by atoms with Gasteiger partial charge in [0, 0.05) is 36.9 Å². The molecule has 0 saturated heterocycles. The molecule has 2 aromatic carbocycles. The molecule has 2 N–H and O–H groups in total. The van der Waals surface area contributed by atoms with Crippen molar-refractivity contribution < 1.29 is 14.6 Å². The summed E-state index contributed by atoms with van der Waals surface area (Å²) >= 11 is 0. The quantitative estimate of drug-likeness (QED) is 0.451. The second-order valence-electron chi connectivity index (χ2n) is 7.01. The van der Waals surface area contributed by atoms with Gasteiger partial charge >= 0.3 is 0 Å². The second kappa shape index (κ2) is 7.14. The van der Waals surface area contributed by atoms with Gasteiger partial charge in [-0.1, -0.05) is 11.8 Å². The SMILES string of the molecule is N#Cc1cc(C#Cc2ccc3c(=O)n4c(nc3c2)CCC(O)(O)CC4)ccc1F. The zero-order chi connectivity index (χ0) is 20.6. The van der Waals surface area contributed by atoms with Crippen molar-refractivity contribution in [3.63, 3.8) is 0 Å². The molecule has 0 aliphatic carbocycles. The van der Waals surface area contributed by atoms with Crippen LogP contribution in [0.15, 0.2) is 41.2 Å². The predicted molar refractivity (Wildman–Crippen MR) is 103 cm³/mol. The van der Waals surface area contributed by atoms with Crippen molar-refractivity contribution in [2.75, 3.05) is 0 Å². The van der Waals surface area contributed by atoms with Crippen molar-refractivity contribution in [1.82, 2.24) is 9.55 Å². The second-order valence-corrected chi connectivity index (χ2v) is 7.01.